The zero-order valence-electron chi connectivity index (χ0n) is 8.08. The number of pyridine rings is 1. The predicted molar refractivity (Wildman–Crippen MR) is 53.4 cm³/mol. The fraction of sp³-hybridized carbons (Fsp3) is 0.375. The van der Waals surface area contributed by atoms with Crippen molar-refractivity contribution in [3.8, 4) is 5.88 Å². The van der Waals surface area contributed by atoms with Crippen LogP contribution in [0, 0.1) is 10.6 Å². The van der Waals surface area contributed by atoms with E-state index >= 15 is 0 Å². The Morgan fingerprint density at radius 1 is 1.18 bits per heavy atom. The van der Waals surface area contributed by atoms with Gasteiger partial charge in [0.2, 0.25) is 5.88 Å². The van der Waals surface area contributed by atoms with Gasteiger partial charge in [0.1, 0.15) is 9.26 Å². The largest absolute Gasteiger partial charge is 0.574 e. The fourth-order valence-electron chi connectivity index (χ4n) is 0.966. The number of hydrogen-bond acceptors (Lipinski definition) is 2. The number of aryl methyl sites for hydroxylation is 1. The molecule has 1 aromatic heterocycles. The lowest BCUT2D eigenvalue weighted by Crippen LogP contribution is -2.21. The van der Waals surface area contributed by atoms with Gasteiger partial charge >= 0.3 is 12.5 Å². The molecule has 0 atom stereocenters. The van der Waals surface area contributed by atoms with Gasteiger partial charge in [-0.3, -0.25) is 0 Å². The van der Waals surface area contributed by atoms with Gasteiger partial charge in [-0.1, -0.05) is 0 Å². The molecule has 96 valence electrons. The van der Waals surface area contributed by atoms with Crippen molar-refractivity contribution < 1.29 is 31.1 Å². The molecule has 1 rings (SSSR count). The highest BCUT2D eigenvalue weighted by Gasteiger charge is 2.40. The van der Waals surface area contributed by atoms with E-state index in [4.69, 9.17) is 0 Å². The number of alkyl halides is 6. The number of nitrogens with zero attached hydrogens (tertiary/aromatic N) is 1. The predicted octanol–water partition coefficient (Wildman–Crippen LogP) is 3.91. The summed E-state index contributed by atoms with van der Waals surface area (Å²) in [5.74, 6) is -1.49. The third-order valence-electron chi connectivity index (χ3n) is 1.63. The van der Waals surface area contributed by atoms with Crippen molar-refractivity contribution in [2.24, 2.45) is 0 Å². The van der Waals surface area contributed by atoms with Crippen molar-refractivity contribution in [3.05, 3.63) is 20.9 Å². The summed E-state index contributed by atoms with van der Waals surface area (Å²) in [5, 5.41) is 0. The van der Waals surface area contributed by atoms with Crippen LogP contribution in [0.1, 0.15) is 11.1 Å². The quantitative estimate of drug-likeness (QED) is 0.424. The van der Waals surface area contributed by atoms with Gasteiger partial charge in [0, 0.05) is 0 Å². The average molecular weight is 371 g/mol. The minimum Gasteiger partial charge on any atom is -0.387 e. The van der Waals surface area contributed by atoms with Crippen LogP contribution in [0.25, 0.3) is 0 Å². The summed E-state index contributed by atoms with van der Waals surface area (Å²) >= 11 is 1.52. The summed E-state index contributed by atoms with van der Waals surface area (Å²) in [7, 11) is 0. The lowest BCUT2D eigenvalue weighted by molar-refractivity contribution is -0.278. The second kappa shape index (κ2) is 4.50. The van der Waals surface area contributed by atoms with Crippen molar-refractivity contribution in [3.63, 3.8) is 0 Å². The maximum atomic E-state index is 12.4. The lowest BCUT2D eigenvalue weighted by Gasteiger charge is -2.15. The SMILES string of the molecule is Cc1cc(C(F)(F)F)c(OC(F)(F)F)nc1I. The number of aromatic nitrogens is 1. The van der Waals surface area contributed by atoms with E-state index in [1.807, 2.05) is 0 Å². The Labute approximate surface area is 105 Å². The zero-order chi connectivity index (χ0) is 13.4. The summed E-state index contributed by atoms with van der Waals surface area (Å²) in [6.07, 6.45) is -10.2. The molecule has 1 heterocycles. The van der Waals surface area contributed by atoms with Crippen LogP contribution in [0.15, 0.2) is 6.07 Å². The Balaban J connectivity index is 3.32. The van der Waals surface area contributed by atoms with E-state index in [2.05, 4.69) is 9.72 Å². The molecule has 1 aromatic rings. The molecule has 0 N–H and O–H groups in total. The Hall–Kier alpha value is -0.740. The van der Waals surface area contributed by atoms with E-state index in [1.165, 1.54) is 29.5 Å². The van der Waals surface area contributed by atoms with Crippen LogP contribution in [0.3, 0.4) is 0 Å². The van der Waals surface area contributed by atoms with Crippen LogP contribution in [0.5, 0.6) is 5.88 Å². The molecule has 0 fully saturated rings. The monoisotopic (exact) mass is 371 g/mol. The van der Waals surface area contributed by atoms with E-state index in [0.29, 0.717) is 6.07 Å². The highest BCUT2D eigenvalue weighted by molar-refractivity contribution is 14.1. The van der Waals surface area contributed by atoms with E-state index in [9.17, 15) is 26.3 Å². The average Bonchev–Trinajstić information content (AvgIpc) is 2.06. The van der Waals surface area contributed by atoms with Crippen LogP contribution in [-0.2, 0) is 6.18 Å². The van der Waals surface area contributed by atoms with Gasteiger partial charge in [0.05, 0.1) is 0 Å². The number of ether oxygens (including phenoxy) is 1. The first kappa shape index (κ1) is 14.3. The Morgan fingerprint density at radius 3 is 2.12 bits per heavy atom. The van der Waals surface area contributed by atoms with Crippen molar-refractivity contribution in [1.82, 2.24) is 4.98 Å². The Bertz CT molecular complexity index is 427. The first-order chi connectivity index (χ1) is 7.50. The molecule has 0 aliphatic heterocycles. The Kier molecular flexibility index (Phi) is 3.79. The molecule has 0 bridgehead atoms. The molecule has 17 heavy (non-hydrogen) atoms. The highest BCUT2D eigenvalue weighted by atomic mass is 127. The maximum absolute atomic E-state index is 12.4. The zero-order valence-corrected chi connectivity index (χ0v) is 10.2. The van der Waals surface area contributed by atoms with E-state index in [-0.39, 0.29) is 9.26 Å². The van der Waals surface area contributed by atoms with E-state index < -0.39 is 24.0 Å². The standard InChI is InChI=1S/C8H4F6INO/c1-3-2-4(7(9,10)11)6(16-5(3)15)17-8(12,13)14/h2H,1H3. The van der Waals surface area contributed by atoms with Gasteiger partial charge in [-0.15, -0.1) is 13.2 Å². The summed E-state index contributed by atoms with van der Waals surface area (Å²) < 4.78 is 76.3. The molecular weight excluding hydrogens is 367 g/mol. The topological polar surface area (TPSA) is 22.1 Å². The summed E-state index contributed by atoms with van der Waals surface area (Å²) in [6.45, 7) is 1.31. The molecule has 0 amide bonds. The van der Waals surface area contributed by atoms with Crippen LogP contribution < -0.4 is 4.74 Å². The second-order valence-electron chi connectivity index (χ2n) is 2.99. The van der Waals surface area contributed by atoms with Crippen LogP contribution >= 0.6 is 22.6 Å². The molecule has 0 spiro atoms. The molecule has 2 nitrogen and oxygen atoms in total. The van der Waals surface area contributed by atoms with Gasteiger partial charge in [-0.25, -0.2) is 4.98 Å². The van der Waals surface area contributed by atoms with Gasteiger partial charge in [-0.05, 0) is 41.1 Å². The van der Waals surface area contributed by atoms with Gasteiger partial charge in [0.15, 0.2) is 0 Å². The van der Waals surface area contributed by atoms with Gasteiger partial charge in [-0.2, -0.15) is 13.2 Å². The smallest absolute Gasteiger partial charge is 0.387 e. The molecule has 0 saturated heterocycles. The van der Waals surface area contributed by atoms with Crippen molar-refractivity contribution in [1.29, 1.82) is 0 Å². The van der Waals surface area contributed by atoms with Crippen molar-refractivity contribution in [2.45, 2.75) is 19.5 Å². The highest BCUT2D eigenvalue weighted by Crippen LogP contribution is 2.38. The van der Waals surface area contributed by atoms with Crippen LogP contribution in [0.2, 0.25) is 0 Å². The first-order valence-electron chi connectivity index (χ1n) is 4.01. The molecule has 0 saturated carbocycles. The Morgan fingerprint density at radius 2 is 1.71 bits per heavy atom. The molecule has 0 aliphatic carbocycles. The molecule has 0 radical (unpaired) electrons. The number of hydrogen-bond donors (Lipinski definition) is 0. The normalized spacial score (nSPS) is 12.7. The summed E-state index contributed by atoms with van der Waals surface area (Å²) in [6, 6.07) is 0.565. The minimum atomic E-state index is -5.22. The molecular formula is C8H4F6INO. The van der Waals surface area contributed by atoms with Crippen molar-refractivity contribution >= 4 is 22.6 Å². The number of rotatable bonds is 1. The molecule has 0 aromatic carbocycles. The third-order valence-corrected chi connectivity index (χ3v) is 2.73. The van der Waals surface area contributed by atoms with Crippen LogP contribution in [-0.4, -0.2) is 11.3 Å². The van der Waals surface area contributed by atoms with E-state index in [1.54, 1.807) is 0 Å². The fourth-order valence-corrected chi connectivity index (χ4v) is 1.34. The first-order valence-corrected chi connectivity index (χ1v) is 5.08. The molecule has 9 heteroatoms. The van der Waals surface area contributed by atoms with Gasteiger partial charge < -0.3 is 4.74 Å². The maximum Gasteiger partial charge on any atom is 0.574 e. The third kappa shape index (κ3) is 3.89. The second-order valence-corrected chi connectivity index (χ2v) is 4.02. The van der Waals surface area contributed by atoms with Gasteiger partial charge in [0.25, 0.3) is 0 Å². The molecule has 0 unspecified atom stereocenters. The van der Waals surface area contributed by atoms with Crippen molar-refractivity contribution in [2.75, 3.05) is 0 Å². The number of halogens is 7. The molecule has 0 aliphatic rings. The summed E-state index contributed by atoms with van der Waals surface area (Å²) in [4.78, 5) is 3.15. The van der Waals surface area contributed by atoms with E-state index in [0.717, 1.165) is 0 Å². The lowest BCUT2D eigenvalue weighted by atomic mass is 10.2. The summed E-state index contributed by atoms with van der Waals surface area (Å²) in [5.41, 5.74) is -1.43. The van der Waals surface area contributed by atoms with Crippen LogP contribution in [0.4, 0.5) is 26.3 Å². The minimum absolute atomic E-state index is 0.00912.